The SMILES string of the molecule is CC(C)CNC(=O)CCNC(=O)CCCO. The molecule has 0 aromatic rings. The van der Waals surface area contributed by atoms with Crippen LogP contribution in [0.3, 0.4) is 0 Å². The number of aliphatic hydroxyl groups excluding tert-OH is 1. The predicted octanol–water partition coefficient (Wildman–Crippen LogP) is 0.0374. The van der Waals surface area contributed by atoms with Crippen molar-refractivity contribution in [3.05, 3.63) is 0 Å². The minimum absolute atomic E-state index is 0.0162. The van der Waals surface area contributed by atoms with Crippen molar-refractivity contribution in [1.29, 1.82) is 0 Å². The minimum atomic E-state index is -0.120. The highest BCUT2D eigenvalue weighted by Crippen LogP contribution is 1.89. The molecule has 0 atom stereocenters. The highest BCUT2D eigenvalue weighted by Gasteiger charge is 2.04. The van der Waals surface area contributed by atoms with Crippen molar-refractivity contribution in [1.82, 2.24) is 10.6 Å². The summed E-state index contributed by atoms with van der Waals surface area (Å²) in [7, 11) is 0. The number of hydrogen-bond donors (Lipinski definition) is 3. The van der Waals surface area contributed by atoms with Crippen molar-refractivity contribution in [2.75, 3.05) is 19.7 Å². The van der Waals surface area contributed by atoms with Crippen LogP contribution in [0, 0.1) is 5.92 Å². The van der Waals surface area contributed by atoms with Crippen molar-refractivity contribution >= 4 is 11.8 Å². The zero-order valence-corrected chi connectivity index (χ0v) is 10.1. The standard InChI is InChI=1S/C11H22N2O3/c1-9(2)8-13-11(16)5-6-12-10(15)4-3-7-14/h9,14H,3-8H2,1-2H3,(H,12,15)(H,13,16). The van der Waals surface area contributed by atoms with Gasteiger partial charge in [-0.1, -0.05) is 13.8 Å². The Bertz CT molecular complexity index is 217. The Kier molecular flexibility index (Phi) is 8.52. The van der Waals surface area contributed by atoms with E-state index in [1.807, 2.05) is 13.8 Å². The molecular formula is C11H22N2O3. The van der Waals surface area contributed by atoms with Crippen LogP contribution >= 0.6 is 0 Å². The quantitative estimate of drug-likeness (QED) is 0.551. The van der Waals surface area contributed by atoms with Gasteiger partial charge in [-0.3, -0.25) is 9.59 Å². The van der Waals surface area contributed by atoms with Gasteiger partial charge in [0.25, 0.3) is 0 Å². The Hall–Kier alpha value is -1.10. The summed E-state index contributed by atoms with van der Waals surface area (Å²) < 4.78 is 0. The minimum Gasteiger partial charge on any atom is -0.396 e. The number of hydrogen-bond acceptors (Lipinski definition) is 3. The largest absolute Gasteiger partial charge is 0.396 e. The molecule has 0 saturated heterocycles. The molecule has 0 saturated carbocycles. The van der Waals surface area contributed by atoms with Gasteiger partial charge in [0.05, 0.1) is 0 Å². The molecule has 0 spiro atoms. The first-order valence-corrected chi connectivity index (χ1v) is 5.70. The molecule has 0 aromatic heterocycles. The van der Waals surface area contributed by atoms with E-state index in [1.54, 1.807) is 0 Å². The Morgan fingerprint density at radius 3 is 2.31 bits per heavy atom. The molecule has 2 amide bonds. The second-order valence-electron chi connectivity index (χ2n) is 4.13. The maximum atomic E-state index is 11.2. The molecule has 0 aliphatic heterocycles. The normalized spacial score (nSPS) is 10.2. The summed E-state index contributed by atoms with van der Waals surface area (Å²) in [6, 6.07) is 0. The number of nitrogens with one attached hydrogen (secondary N) is 2. The van der Waals surface area contributed by atoms with Gasteiger partial charge in [0.15, 0.2) is 0 Å². The summed E-state index contributed by atoms with van der Waals surface area (Å²) in [5.41, 5.74) is 0. The van der Waals surface area contributed by atoms with E-state index in [9.17, 15) is 9.59 Å². The van der Waals surface area contributed by atoms with Crippen LogP contribution < -0.4 is 10.6 Å². The van der Waals surface area contributed by atoms with E-state index >= 15 is 0 Å². The third-order valence-corrected chi connectivity index (χ3v) is 1.94. The fourth-order valence-corrected chi connectivity index (χ4v) is 1.05. The van der Waals surface area contributed by atoms with Gasteiger partial charge in [-0.05, 0) is 12.3 Å². The molecule has 5 heteroatoms. The van der Waals surface area contributed by atoms with E-state index < -0.39 is 0 Å². The van der Waals surface area contributed by atoms with Gasteiger partial charge in [0.1, 0.15) is 0 Å². The van der Waals surface area contributed by atoms with Gasteiger partial charge in [0.2, 0.25) is 11.8 Å². The van der Waals surface area contributed by atoms with E-state index in [0.29, 0.717) is 38.3 Å². The number of aliphatic hydroxyl groups is 1. The predicted molar refractivity (Wildman–Crippen MR) is 61.8 cm³/mol. The summed E-state index contributed by atoms with van der Waals surface area (Å²) in [6.45, 7) is 5.08. The fourth-order valence-electron chi connectivity index (χ4n) is 1.05. The molecule has 0 unspecified atom stereocenters. The summed E-state index contributed by atoms with van der Waals surface area (Å²) in [6.07, 6.45) is 1.08. The first kappa shape index (κ1) is 14.9. The van der Waals surface area contributed by atoms with Crippen molar-refractivity contribution < 1.29 is 14.7 Å². The Balaban J connectivity index is 3.43. The van der Waals surface area contributed by atoms with E-state index in [0.717, 1.165) is 0 Å². The lowest BCUT2D eigenvalue weighted by Gasteiger charge is -2.08. The van der Waals surface area contributed by atoms with Crippen LogP contribution in [-0.2, 0) is 9.59 Å². The summed E-state index contributed by atoms with van der Waals surface area (Å²) in [5.74, 6) is 0.268. The van der Waals surface area contributed by atoms with Gasteiger partial charge in [0, 0.05) is 32.5 Å². The van der Waals surface area contributed by atoms with Gasteiger partial charge >= 0.3 is 0 Å². The first-order chi connectivity index (χ1) is 7.56. The molecule has 5 nitrogen and oxygen atoms in total. The summed E-state index contributed by atoms with van der Waals surface area (Å²) in [4.78, 5) is 22.3. The van der Waals surface area contributed by atoms with Gasteiger partial charge in [-0.15, -0.1) is 0 Å². The van der Waals surface area contributed by atoms with Crippen LogP contribution in [0.2, 0.25) is 0 Å². The van der Waals surface area contributed by atoms with Crippen LogP contribution in [0.25, 0.3) is 0 Å². The molecule has 0 rings (SSSR count). The summed E-state index contributed by atoms with van der Waals surface area (Å²) >= 11 is 0. The molecule has 0 heterocycles. The number of carbonyl (C=O) groups excluding carboxylic acids is 2. The van der Waals surface area contributed by atoms with E-state index in [1.165, 1.54) is 0 Å². The molecule has 0 aromatic carbocycles. The van der Waals surface area contributed by atoms with Crippen LogP contribution in [0.15, 0.2) is 0 Å². The van der Waals surface area contributed by atoms with E-state index in [2.05, 4.69) is 10.6 Å². The van der Waals surface area contributed by atoms with Crippen molar-refractivity contribution in [3.63, 3.8) is 0 Å². The monoisotopic (exact) mass is 230 g/mol. The lowest BCUT2D eigenvalue weighted by molar-refractivity contribution is -0.122. The molecule has 0 aliphatic carbocycles. The van der Waals surface area contributed by atoms with Gasteiger partial charge in [-0.25, -0.2) is 0 Å². The zero-order chi connectivity index (χ0) is 12.4. The van der Waals surface area contributed by atoms with Crippen LogP contribution in [0.4, 0.5) is 0 Å². The van der Waals surface area contributed by atoms with Crippen LogP contribution in [0.5, 0.6) is 0 Å². The van der Waals surface area contributed by atoms with Gasteiger partial charge < -0.3 is 15.7 Å². The van der Waals surface area contributed by atoms with Crippen LogP contribution in [0.1, 0.15) is 33.1 Å². The zero-order valence-electron chi connectivity index (χ0n) is 10.1. The molecule has 3 N–H and O–H groups in total. The Morgan fingerprint density at radius 2 is 1.75 bits per heavy atom. The van der Waals surface area contributed by atoms with Crippen molar-refractivity contribution in [2.45, 2.75) is 33.1 Å². The summed E-state index contributed by atoms with van der Waals surface area (Å²) in [5, 5.41) is 13.9. The van der Waals surface area contributed by atoms with E-state index in [4.69, 9.17) is 5.11 Å². The third-order valence-electron chi connectivity index (χ3n) is 1.94. The molecule has 0 radical (unpaired) electrons. The highest BCUT2D eigenvalue weighted by molar-refractivity contribution is 5.78. The van der Waals surface area contributed by atoms with E-state index in [-0.39, 0.29) is 18.4 Å². The molecular weight excluding hydrogens is 208 g/mol. The van der Waals surface area contributed by atoms with Crippen LogP contribution in [-0.4, -0.2) is 36.6 Å². The average molecular weight is 230 g/mol. The third kappa shape index (κ3) is 9.45. The second kappa shape index (κ2) is 9.15. The molecule has 0 fully saturated rings. The van der Waals surface area contributed by atoms with Crippen molar-refractivity contribution in [2.24, 2.45) is 5.92 Å². The fraction of sp³-hybridized carbons (Fsp3) is 0.818. The smallest absolute Gasteiger partial charge is 0.221 e. The molecule has 0 bridgehead atoms. The molecule has 0 aliphatic rings. The Labute approximate surface area is 96.6 Å². The lowest BCUT2D eigenvalue weighted by atomic mass is 10.2. The highest BCUT2D eigenvalue weighted by atomic mass is 16.3. The average Bonchev–Trinajstić information content (AvgIpc) is 2.23. The molecule has 16 heavy (non-hydrogen) atoms. The Morgan fingerprint density at radius 1 is 1.12 bits per heavy atom. The lowest BCUT2D eigenvalue weighted by Crippen LogP contribution is -2.32. The number of amides is 2. The maximum Gasteiger partial charge on any atom is 0.221 e. The maximum absolute atomic E-state index is 11.2. The first-order valence-electron chi connectivity index (χ1n) is 5.70. The molecule has 94 valence electrons. The van der Waals surface area contributed by atoms with Gasteiger partial charge in [-0.2, -0.15) is 0 Å². The number of rotatable bonds is 8. The topological polar surface area (TPSA) is 78.4 Å². The second-order valence-corrected chi connectivity index (χ2v) is 4.13. The van der Waals surface area contributed by atoms with Crippen molar-refractivity contribution in [3.8, 4) is 0 Å². The number of carbonyl (C=O) groups is 2.